The largest absolute Gasteiger partial charge is 0.317 e. The Morgan fingerprint density at radius 3 is 2.37 bits per heavy atom. The quantitative estimate of drug-likeness (QED) is 0.723. The molecule has 0 aromatic rings. The number of hydrogen-bond donors (Lipinski definition) is 1. The van der Waals surface area contributed by atoms with Crippen molar-refractivity contribution in [3.05, 3.63) is 0 Å². The molecule has 2 aliphatic carbocycles. The first kappa shape index (κ1) is 15.4. The van der Waals surface area contributed by atoms with Gasteiger partial charge in [0.15, 0.2) is 0 Å². The van der Waals surface area contributed by atoms with Crippen molar-refractivity contribution in [2.45, 2.75) is 78.7 Å². The Hall–Kier alpha value is -0.0400. The molecule has 2 bridgehead atoms. The van der Waals surface area contributed by atoms with Crippen molar-refractivity contribution < 1.29 is 0 Å². The summed E-state index contributed by atoms with van der Waals surface area (Å²) in [5.74, 6) is 4.06. The molecular weight excluding hydrogens is 230 g/mol. The molecule has 0 heterocycles. The average Bonchev–Trinajstić information content (AvgIpc) is 2.87. The number of rotatable bonds is 6. The SMILES string of the molecule is CNC(CC(C)CC(C)(C)C)CC1CC2CCC1C2. The molecular formula is C18H35N. The van der Waals surface area contributed by atoms with Gasteiger partial charge >= 0.3 is 0 Å². The minimum Gasteiger partial charge on any atom is -0.317 e. The molecule has 1 N–H and O–H groups in total. The van der Waals surface area contributed by atoms with Crippen LogP contribution in [-0.4, -0.2) is 13.1 Å². The molecule has 2 saturated carbocycles. The van der Waals surface area contributed by atoms with Gasteiger partial charge in [-0.05, 0) is 74.7 Å². The zero-order valence-corrected chi connectivity index (χ0v) is 13.8. The Kier molecular flexibility index (Phi) is 4.98. The summed E-state index contributed by atoms with van der Waals surface area (Å²) >= 11 is 0. The molecule has 1 nitrogen and oxygen atoms in total. The lowest BCUT2D eigenvalue weighted by Crippen LogP contribution is -2.32. The molecule has 112 valence electrons. The molecule has 5 unspecified atom stereocenters. The van der Waals surface area contributed by atoms with E-state index in [1.807, 2.05) is 0 Å². The highest BCUT2D eigenvalue weighted by atomic mass is 14.9. The Morgan fingerprint density at radius 2 is 1.89 bits per heavy atom. The number of fused-ring (bicyclic) bond motifs is 2. The van der Waals surface area contributed by atoms with Crippen molar-refractivity contribution in [1.29, 1.82) is 0 Å². The molecule has 0 aromatic heterocycles. The fraction of sp³-hybridized carbons (Fsp3) is 1.00. The van der Waals surface area contributed by atoms with E-state index in [0.717, 1.165) is 29.7 Å². The summed E-state index contributed by atoms with van der Waals surface area (Å²) in [5.41, 5.74) is 0.476. The minimum absolute atomic E-state index is 0.476. The maximum absolute atomic E-state index is 3.61. The zero-order chi connectivity index (χ0) is 14.0. The van der Waals surface area contributed by atoms with Crippen LogP contribution in [0.2, 0.25) is 0 Å². The fourth-order valence-corrected chi connectivity index (χ4v) is 4.98. The molecule has 2 rings (SSSR count). The van der Waals surface area contributed by atoms with Gasteiger partial charge in [0, 0.05) is 6.04 Å². The smallest absolute Gasteiger partial charge is 0.00693 e. The van der Waals surface area contributed by atoms with Crippen LogP contribution in [-0.2, 0) is 0 Å². The molecule has 2 aliphatic rings. The summed E-state index contributed by atoms with van der Waals surface area (Å²) in [5, 5.41) is 3.61. The summed E-state index contributed by atoms with van der Waals surface area (Å²) in [6, 6.07) is 0.752. The fourth-order valence-electron chi connectivity index (χ4n) is 4.98. The van der Waals surface area contributed by atoms with Gasteiger partial charge in [-0.3, -0.25) is 0 Å². The second kappa shape index (κ2) is 6.16. The van der Waals surface area contributed by atoms with Gasteiger partial charge in [-0.2, -0.15) is 0 Å². The van der Waals surface area contributed by atoms with E-state index in [1.54, 1.807) is 6.42 Å². The first-order valence-corrected chi connectivity index (χ1v) is 8.54. The maximum Gasteiger partial charge on any atom is 0.00693 e. The first-order valence-electron chi connectivity index (χ1n) is 8.54. The molecule has 0 spiro atoms. The van der Waals surface area contributed by atoms with E-state index < -0.39 is 0 Å². The van der Waals surface area contributed by atoms with Crippen LogP contribution in [0.25, 0.3) is 0 Å². The van der Waals surface area contributed by atoms with Crippen molar-refractivity contribution in [1.82, 2.24) is 5.32 Å². The van der Waals surface area contributed by atoms with Gasteiger partial charge in [0.1, 0.15) is 0 Å². The van der Waals surface area contributed by atoms with Gasteiger partial charge in [-0.1, -0.05) is 34.1 Å². The van der Waals surface area contributed by atoms with Crippen LogP contribution in [0.15, 0.2) is 0 Å². The van der Waals surface area contributed by atoms with Crippen molar-refractivity contribution >= 4 is 0 Å². The lowest BCUT2D eigenvalue weighted by molar-refractivity contribution is 0.237. The van der Waals surface area contributed by atoms with Gasteiger partial charge < -0.3 is 5.32 Å². The van der Waals surface area contributed by atoms with Crippen molar-refractivity contribution in [3.63, 3.8) is 0 Å². The molecule has 0 amide bonds. The number of hydrogen-bond acceptors (Lipinski definition) is 1. The van der Waals surface area contributed by atoms with Crippen LogP contribution in [0.4, 0.5) is 0 Å². The van der Waals surface area contributed by atoms with Crippen LogP contribution in [0, 0.1) is 29.1 Å². The zero-order valence-electron chi connectivity index (χ0n) is 13.8. The monoisotopic (exact) mass is 265 g/mol. The summed E-state index contributed by atoms with van der Waals surface area (Å²) in [7, 11) is 2.17. The van der Waals surface area contributed by atoms with Crippen LogP contribution in [0.5, 0.6) is 0 Å². The van der Waals surface area contributed by atoms with E-state index >= 15 is 0 Å². The topological polar surface area (TPSA) is 12.0 Å². The first-order chi connectivity index (χ1) is 8.87. The van der Waals surface area contributed by atoms with Crippen LogP contribution < -0.4 is 5.32 Å². The van der Waals surface area contributed by atoms with Crippen molar-refractivity contribution in [2.75, 3.05) is 7.05 Å². The van der Waals surface area contributed by atoms with Gasteiger partial charge in [0.25, 0.3) is 0 Å². The third-order valence-electron chi connectivity index (χ3n) is 5.53. The molecule has 0 radical (unpaired) electrons. The molecule has 0 saturated heterocycles. The molecule has 1 heteroatoms. The lowest BCUT2D eigenvalue weighted by Gasteiger charge is -2.30. The van der Waals surface area contributed by atoms with Crippen LogP contribution in [0.3, 0.4) is 0 Å². The van der Waals surface area contributed by atoms with E-state index in [2.05, 4.69) is 40.1 Å². The highest BCUT2D eigenvalue weighted by molar-refractivity contribution is 4.91. The molecule has 0 aromatic carbocycles. The van der Waals surface area contributed by atoms with Gasteiger partial charge in [0.05, 0.1) is 0 Å². The summed E-state index contributed by atoms with van der Waals surface area (Å²) in [6.07, 6.45) is 10.3. The minimum atomic E-state index is 0.476. The van der Waals surface area contributed by atoms with Gasteiger partial charge in [0.2, 0.25) is 0 Å². The second-order valence-electron chi connectivity index (χ2n) is 8.76. The summed E-state index contributed by atoms with van der Waals surface area (Å²) in [6.45, 7) is 9.55. The average molecular weight is 265 g/mol. The van der Waals surface area contributed by atoms with Crippen LogP contribution in [0.1, 0.15) is 72.6 Å². The number of nitrogens with one attached hydrogen (secondary N) is 1. The normalized spacial score (nSPS) is 33.6. The van der Waals surface area contributed by atoms with E-state index in [4.69, 9.17) is 0 Å². The lowest BCUT2D eigenvalue weighted by atomic mass is 9.79. The highest BCUT2D eigenvalue weighted by Crippen LogP contribution is 2.50. The predicted octanol–water partition coefficient (Wildman–Crippen LogP) is 4.86. The van der Waals surface area contributed by atoms with Gasteiger partial charge in [-0.25, -0.2) is 0 Å². The van der Waals surface area contributed by atoms with E-state index in [-0.39, 0.29) is 0 Å². The highest BCUT2D eigenvalue weighted by Gasteiger charge is 2.40. The second-order valence-corrected chi connectivity index (χ2v) is 8.76. The van der Waals surface area contributed by atoms with Crippen LogP contribution >= 0.6 is 0 Å². The summed E-state index contributed by atoms with van der Waals surface area (Å²) < 4.78 is 0. The Bertz CT molecular complexity index is 278. The Balaban J connectivity index is 1.77. The Labute approximate surface area is 120 Å². The standard InChI is InChI=1S/C18H35N/c1-13(12-18(2,3)4)8-17(19-5)11-16-10-14-6-7-15(16)9-14/h13-17,19H,6-12H2,1-5H3. The molecule has 2 fully saturated rings. The Morgan fingerprint density at radius 1 is 1.16 bits per heavy atom. The van der Waals surface area contributed by atoms with E-state index in [1.165, 1.54) is 38.5 Å². The van der Waals surface area contributed by atoms with Crippen molar-refractivity contribution in [2.24, 2.45) is 29.1 Å². The predicted molar refractivity (Wildman–Crippen MR) is 84.3 cm³/mol. The van der Waals surface area contributed by atoms with Gasteiger partial charge in [-0.15, -0.1) is 0 Å². The van der Waals surface area contributed by atoms with E-state index in [9.17, 15) is 0 Å². The summed E-state index contributed by atoms with van der Waals surface area (Å²) in [4.78, 5) is 0. The van der Waals surface area contributed by atoms with E-state index in [0.29, 0.717) is 5.41 Å². The molecule has 19 heavy (non-hydrogen) atoms. The maximum atomic E-state index is 3.61. The third kappa shape index (κ3) is 4.48. The van der Waals surface area contributed by atoms with Crippen molar-refractivity contribution in [3.8, 4) is 0 Å². The molecule has 5 atom stereocenters. The molecule has 0 aliphatic heterocycles. The third-order valence-corrected chi connectivity index (χ3v) is 5.53.